The minimum atomic E-state index is -0.461. The number of imidazole rings is 1. The zero-order valence-corrected chi connectivity index (χ0v) is 16.3. The van der Waals surface area contributed by atoms with Crippen LogP contribution in [0.5, 0.6) is 0 Å². The van der Waals surface area contributed by atoms with Crippen LogP contribution in [0, 0.1) is 6.92 Å². The molecule has 4 rings (SSSR count). The van der Waals surface area contributed by atoms with E-state index in [4.69, 9.17) is 10.7 Å². The van der Waals surface area contributed by atoms with Crippen molar-refractivity contribution in [1.29, 1.82) is 0 Å². The van der Waals surface area contributed by atoms with Crippen LogP contribution in [0.25, 0.3) is 11.2 Å². The number of H-pyrrole nitrogens is 1. The Kier molecular flexibility index (Phi) is 4.80. The highest BCUT2D eigenvalue weighted by molar-refractivity contribution is 5.74. The van der Waals surface area contributed by atoms with Crippen LogP contribution in [0.15, 0.2) is 33.9 Å². The fourth-order valence-electron chi connectivity index (χ4n) is 3.93. The average molecular weight is 382 g/mol. The van der Waals surface area contributed by atoms with E-state index in [1.807, 2.05) is 16.7 Å². The Labute approximate surface area is 162 Å². The standard InChI is InChI=1S/C20H26N6O2/c1-13-7-3-4-8-14(13)11-26-16-17(24(2)20(28)23-18(16)27)22-19(26)25-10-6-5-9-15(21)12-25/h3-4,7-8,15H,5-6,9-12,21H2,1-2H3,(H,23,27,28). The maximum atomic E-state index is 12.7. The number of aryl methyl sites for hydroxylation is 2. The van der Waals surface area contributed by atoms with Gasteiger partial charge in [-0.1, -0.05) is 30.7 Å². The van der Waals surface area contributed by atoms with Gasteiger partial charge in [0.25, 0.3) is 5.56 Å². The second-order valence-corrected chi connectivity index (χ2v) is 7.62. The van der Waals surface area contributed by atoms with E-state index in [2.05, 4.69) is 28.9 Å². The zero-order valence-electron chi connectivity index (χ0n) is 16.3. The van der Waals surface area contributed by atoms with E-state index < -0.39 is 11.2 Å². The summed E-state index contributed by atoms with van der Waals surface area (Å²) in [6.07, 6.45) is 3.08. The molecule has 0 spiro atoms. The highest BCUT2D eigenvalue weighted by Gasteiger charge is 2.24. The van der Waals surface area contributed by atoms with E-state index in [9.17, 15) is 9.59 Å². The van der Waals surface area contributed by atoms with Gasteiger partial charge in [0.2, 0.25) is 5.95 Å². The number of rotatable bonds is 3. The van der Waals surface area contributed by atoms with Crippen molar-refractivity contribution in [1.82, 2.24) is 19.1 Å². The summed E-state index contributed by atoms with van der Waals surface area (Å²) in [5, 5.41) is 0. The van der Waals surface area contributed by atoms with Crippen LogP contribution in [-0.4, -0.2) is 38.2 Å². The molecule has 1 unspecified atom stereocenters. The predicted molar refractivity (Wildman–Crippen MR) is 110 cm³/mol. The number of nitrogens with two attached hydrogens (primary N) is 1. The third-order valence-corrected chi connectivity index (χ3v) is 5.57. The van der Waals surface area contributed by atoms with Gasteiger partial charge in [-0.15, -0.1) is 0 Å². The molecule has 0 saturated carbocycles. The Balaban J connectivity index is 1.94. The number of aromatic nitrogens is 4. The van der Waals surface area contributed by atoms with Gasteiger partial charge < -0.3 is 10.6 Å². The molecule has 1 aliphatic heterocycles. The molecule has 1 atom stereocenters. The van der Waals surface area contributed by atoms with Gasteiger partial charge >= 0.3 is 5.69 Å². The summed E-state index contributed by atoms with van der Waals surface area (Å²) in [7, 11) is 1.63. The summed E-state index contributed by atoms with van der Waals surface area (Å²) < 4.78 is 3.32. The zero-order chi connectivity index (χ0) is 19.8. The topological polar surface area (TPSA) is 102 Å². The number of aromatic amines is 1. The smallest absolute Gasteiger partial charge is 0.329 e. The molecule has 1 aromatic carbocycles. The number of nitrogens with zero attached hydrogens (tertiary/aromatic N) is 4. The van der Waals surface area contributed by atoms with Crippen molar-refractivity contribution < 1.29 is 0 Å². The van der Waals surface area contributed by atoms with Crippen molar-refractivity contribution in [3.63, 3.8) is 0 Å². The fourth-order valence-corrected chi connectivity index (χ4v) is 3.93. The summed E-state index contributed by atoms with van der Waals surface area (Å²) in [4.78, 5) is 34.1. The highest BCUT2D eigenvalue weighted by Crippen LogP contribution is 2.24. The molecule has 0 radical (unpaired) electrons. The lowest BCUT2D eigenvalue weighted by molar-refractivity contribution is 0.615. The molecule has 8 nitrogen and oxygen atoms in total. The van der Waals surface area contributed by atoms with E-state index >= 15 is 0 Å². The Bertz CT molecular complexity index is 1130. The minimum Gasteiger partial charge on any atom is -0.341 e. The molecule has 3 aromatic rings. The molecule has 1 saturated heterocycles. The molecular weight excluding hydrogens is 356 g/mol. The van der Waals surface area contributed by atoms with Gasteiger partial charge in [-0.05, 0) is 30.9 Å². The normalized spacial score (nSPS) is 17.8. The Morgan fingerprint density at radius 2 is 2.04 bits per heavy atom. The van der Waals surface area contributed by atoms with Gasteiger partial charge in [0.05, 0.1) is 6.54 Å². The fraction of sp³-hybridized carbons (Fsp3) is 0.450. The Morgan fingerprint density at radius 1 is 1.25 bits per heavy atom. The molecule has 1 fully saturated rings. The van der Waals surface area contributed by atoms with Crippen molar-refractivity contribution in [2.24, 2.45) is 12.8 Å². The molecule has 3 heterocycles. The Morgan fingerprint density at radius 3 is 2.82 bits per heavy atom. The van der Waals surface area contributed by atoms with Gasteiger partial charge in [-0.2, -0.15) is 4.98 Å². The maximum absolute atomic E-state index is 12.7. The van der Waals surface area contributed by atoms with Crippen LogP contribution < -0.4 is 21.9 Å². The molecule has 1 aliphatic rings. The van der Waals surface area contributed by atoms with Gasteiger partial charge in [0.1, 0.15) is 0 Å². The number of hydrogen-bond acceptors (Lipinski definition) is 5. The first-order valence-electron chi connectivity index (χ1n) is 9.70. The van der Waals surface area contributed by atoms with Crippen LogP contribution in [0.2, 0.25) is 0 Å². The Hall–Kier alpha value is -2.87. The van der Waals surface area contributed by atoms with Crippen molar-refractivity contribution in [2.45, 2.75) is 38.8 Å². The van der Waals surface area contributed by atoms with Crippen LogP contribution >= 0.6 is 0 Å². The number of nitrogens with one attached hydrogen (secondary N) is 1. The van der Waals surface area contributed by atoms with E-state index in [0.29, 0.717) is 30.2 Å². The van der Waals surface area contributed by atoms with Crippen molar-refractivity contribution >= 4 is 17.1 Å². The monoisotopic (exact) mass is 382 g/mol. The second-order valence-electron chi connectivity index (χ2n) is 7.62. The molecule has 2 aromatic heterocycles. The number of fused-ring (bicyclic) bond motifs is 1. The first-order valence-corrected chi connectivity index (χ1v) is 9.70. The number of anilines is 1. The third kappa shape index (κ3) is 3.24. The SMILES string of the molecule is Cc1ccccc1Cn1c(N2CCCCC(N)C2)nc2c1c(=O)[nH]c(=O)n2C. The first-order chi connectivity index (χ1) is 13.5. The molecule has 0 aliphatic carbocycles. The largest absolute Gasteiger partial charge is 0.341 e. The highest BCUT2D eigenvalue weighted by atomic mass is 16.2. The second kappa shape index (κ2) is 7.27. The molecular formula is C20H26N6O2. The van der Waals surface area contributed by atoms with Gasteiger partial charge in [0, 0.05) is 26.2 Å². The van der Waals surface area contributed by atoms with E-state index in [1.165, 1.54) is 4.57 Å². The van der Waals surface area contributed by atoms with Crippen LogP contribution in [0.3, 0.4) is 0 Å². The first kappa shape index (κ1) is 18.5. The predicted octanol–water partition coefficient (Wildman–Crippen LogP) is 1.10. The molecule has 0 amide bonds. The lowest BCUT2D eigenvalue weighted by atomic mass is 10.1. The summed E-state index contributed by atoms with van der Waals surface area (Å²) in [6, 6.07) is 8.15. The number of benzene rings is 1. The summed E-state index contributed by atoms with van der Waals surface area (Å²) in [5.74, 6) is 0.697. The maximum Gasteiger partial charge on any atom is 0.329 e. The quantitative estimate of drug-likeness (QED) is 0.706. The van der Waals surface area contributed by atoms with Gasteiger partial charge in [-0.25, -0.2) is 4.79 Å². The van der Waals surface area contributed by atoms with E-state index in [-0.39, 0.29) is 6.04 Å². The lowest BCUT2D eigenvalue weighted by Crippen LogP contribution is -2.37. The van der Waals surface area contributed by atoms with Gasteiger partial charge in [0.15, 0.2) is 11.2 Å². The van der Waals surface area contributed by atoms with Crippen LogP contribution in [0.1, 0.15) is 30.4 Å². The van der Waals surface area contributed by atoms with Crippen LogP contribution in [-0.2, 0) is 13.6 Å². The summed E-state index contributed by atoms with van der Waals surface area (Å²) in [6.45, 7) is 4.07. The summed E-state index contributed by atoms with van der Waals surface area (Å²) >= 11 is 0. The van der Waals surface area contributed by atoms with Crippen molar-refractivity contribution in [3.05, 3.63) is 56.2 Å². The third-order valence-electron chi connectivity index (χ3n) is 5.57. The minimum absolute atomic E-state index is 0.0660. The molecule has 28 heavy (non-hydrogen) atoms. The van der Waals surface area contributed by atoms with Gasteiger partial charge in [-0.3, -0.25) is 18.9 Å². The van der Waals surface area contributed by atoms with Crippen molar-refractivity contribution in [2.75, 3.05) is 18.0 Å². The summed E-state index contributed by atoms with van der Waals surface area (Å²) in [5.41, 5.74) is 8.45. The number of hydrogen-bond donors (Lipinski definition) is 2. The van der Waals surface area contributed by atoms with E-state index in [0.717, 1.165) is 36.9 Å². The molecule has 0 bridgehead atoms. The molecule has 8 heteroatoms. The average Bonchev–Trinajstić information content (AvgIpc) is 2.90. The molecule has 3 N–H and O–H groups in total. The molecule has 148 valence electrons. The lowest BCUT2D eigenvalue weighted by Gasteiger charge is -2.25. The van der Waals surface area contributed by atoms with E-state index in [1.54, 1.807) is 7.05 Å². The van der Waals surface area contributed by atoms with Crippen LogP contribution in [0.4, 0.5) is 5.95 Å². The van der Waals surface area contributed by atoms with Crippen molar-refractivity contribution in [3.8, 4) is 0 Å².